The predicted molar refractivity (Wildman–Crippen MR) is 93.6 cm³/mol. The van der Waals surface area contributed by atoms with Crippen molar-refractivity contribution in [1.82, 2.24) is 14.5 Å². The summed E-state index contributed by atoms with van der Waals surface area (Å²) in [4.78, 5) is 21.1. The molecule has 5 heteroatoms. The highest BCUT2D eigenvalue weighted by molar-refractivity contribution is 5.77. The van der Waals surface area contributed by atoms with E-state index in [-0.39, 0.29) is 5.56 Å². The Labute approximate surface area is 140 Å². The summed E-state index contributed by atoms with van der Waals surface area (Å²) in [6.45, 7) is 4.46. The fourth-order valence-corrected chi connectivity index (χ4v) is 2.46. The molecule has 0 spiro atoms. The summed E-state index contributed by atoms with van der Waals surface area (Å²) in [5.41, 5.74) is 2.20. The van der Waals surface area contributed by atoms with E-state index in [0.717, 1.165) is 17.5 Å². The smallest absolute Gasteiger partial charge is 0.251 e. The molecule has 24 heavy (non-hydrogen) atoms. The number of pyridine rings is 1. The summed E-state index contributed by atoms with van der Waals surface area (Å²) in [5.74, 6) is 1.31. The van der Waals surface area contributed by atoms with Crippen LogP contribution in [0.1, 0.15) is 19.2 Å². The van der Waals surface area contributed by atoms with Crippen molar-refractivity contribution >= 4 is 0 Å². The first kappa shape index (κ1) is 15.9. The molecule has 0 unspecified atom stereocenters. The SMILES string of the molecule is CC/C=C/Cn1ccc(-c2cnc(C)nc2-c2ccco2)cc1=O. The van der Waals surface area contributed by atoms with Crippen LogP contribution in [-0.4, -0.2) is 14.5 Å². The molecule has 3 heterocycles. The van der Waals surface area contributed by atoms with Crippen molar-refractivity contribution < 1.29 is 4.42 Å². The van der Waals surface area contributed by atoms with Gasteiger partial charge in [0.15, 0.2) is 5.76 Å². The van der Waals surface area contributed by atoms with Crippen molar-refractivity contribution in [2.75, 3.05) is 0 Å². The van der Waals surface area contributed by atoms with E-state index in [4.69, 9.17) is 4.42 Å². The van der Waals surface area contributed by atoms with Crippen molar-refractivity contribution in [1.29, 1.82) is 0 Å². The number of rotatable bonds is 5. The van der Waals surface area contributed by atoms with Crippen molar-refractivity contribution in [2.24, 2.45) is 0 Å². The molecule has 0 saturated carbocycles. The van der Waals surface area contributed by atoms with Crippen LogP contribution in [0.3, 0.4) is 0 Å². The second kappa shape index (κ2) is 7.08. The Bertz CT molecular complexity index is 909. The molecule has 3 aromatic heterocycles. The minimum Gasteiger partial charge on any atom is -0.463 e. The Kier molecular flexibility index (Phi) is 4.70. The third-order valence-electron chi connectivity index (χ3n) is 3.68. The zero-order valence-corrected chi connectivity index (χ0v) is 13.8. The van der Waals surface area contributed by atoms with Crippen molar-refractivity contribution in [3.05, 3.63) is 71.3 Å². The lowest BCUT2D eigenvalue weighted by atomic mass is 10.1. The number of hydrogen-bond donors (Lipinski definition) is 0. The van der Waals surface area contributed by atoms with Crippen LogP contribution in [0.2, 0.25) is 0 Å². The summed E-state index contributed by atoms with van der Waals surface area (Å²) in [6.07, 6.45) is 10.1. The van der Waals surface area contributed by atoms with E-state index < -0.39 is 0 Å². The molecule has 5 nitrogen and oxygen atoms in total. The average molecular weight is 321 g/mol. The van der Waals surface area contributed by atoms with Gasteiger partial charge >= 0.3 is 0 Å². The minimum atomic E-state index is -0.0563. The van der Waals surface area contributed by atoms with Gasteiger partial charge in [0.2, 0.25) is 0 Å². The summed E-state index contributed by atoms with van der Waals surface area (Å²) in [7, 11) is 0. The van der Waals surface area contributed by atoms with Gasteiger partial charge in [0.05, 0.1) is 6.26 Å². The van der Waals surface area contributed by atoms with Crippen LogP contribution in [0.4, 0.5) is 0 Å². The third-order valence-corrected chi connectivity index (χ3v) is 3.68. The Balaban J connectivity index is 2.02. The van der Waals surface area contributed by atoms with E-state index in [1.54, 1.807) is 29.3 Å². The molecule has 0 N–H and O–H groups in total. The molecule has 0 aromatic carbocycles. The topological polar surface area (TPSA) is 60.9 Å². The highest BCUT2D eigenvalue weighted by Gasteiger charge is 2.13. The highest BCUT2D eigenvalue weighted by atomic mass is 16.3. The van der Waals surface area contributed by atoms with Gasteiger partial charge in [0.25, 0.3) is 5.56 Å². The summed E-state index contributed by atoms with van der Waals surface area (Å²) >= 11 is 0. The normalized spacial score (nSPS) is 11.2. The fourth-order valence-electron chi connectivity index (χ4n) is 2.46. The lowest BCUT2D eigenvalue weighted by Gasteiger charge is -2.09. The van der Waals surface area contributed by atoms with E-state index in [2.05, 4.69) is 16.9 Å². The summed E-state index contributed by atoms with van der Waals surface area (Å²) in [5, 5.41) is 0. The zero-order chi connectivity index (χ0) is 16.9. The average Bonchev–Trinajstić information content (AvgIpc) is 3.11. The second-order valence-corrected chi connectivity index (χ2v) is 5.44. The van der Waals surface area contributed by atoms with E-state index >= 15 is 0 Å². The van der Waals surface area contributed by atoms with Crippen LogP contribution in [0, 0.1) is 6.92 Å². The van der Waals surface area contributed by atoms with Crippen LogP contribution in [0.25, 0.3) is 22.6 Å². The number of nitrogens with zero attached hydrogens (tertiary/aromatic N) is 3. The predicted octanol–water partition coefficient (Wildman–Crippen LogP) is 3.84. The van der Waals surface area contributed by atoms with Crippen LogP contribution < -0.4 is 5.56 Å². The van der Waals surface area contributed by atoms with Gasteiger partial charge in [-0.05, 0) is 37.1 Å². The van der Waals surface area contributed by atoms with Gasteiger partial charge in [-0.2, -0.15) is 0 Å². The maximum Gasteiger partial charge on any atom is 0.251 e. The van der Waals surface area contributed by atoms with Crippen LogP contribution in [0.15, 0.2) is 64.3 Å². The van der Waals surface area contributed by atoms with Gasteiger partial charge in [-0.1, -0.05) is 19.1 Å². The summed E-state index contributed by atoms with van der Waals surface area (Å²) < 4.78 is 7.14. The fraction of sp³-hybridized carbons (Fsp3) is 0.211. The summed E-state index contributed by atoms with van der Waals surface area (Å²) in [6, 6.07) is 7.18. The molecule has 0 amide bonds. The molecule has 0 aliphatic rings. The van der Waals surface area contributed by atoms with Gasteiger partial charge < -0.3 is 8.98 Å². The molecular weight excluding hydrogens is 302 g/mol. The monoisotopic (exact) mass is 321 g/mol. The Morgan fingerprint density at radius 1 is 1.29 bits per heavy atom. The quantitative estimate of drug-likeness (QED) is 0.670. The second-order valence-electron chi connectivity index (χ2n) is 5.44. The number of aromatic nitrogens is 3. The molecule has 0 aliphatic heterocycles. The van der Waals surface area contributed by atoms with Gasteiger partial charge in [0.1, 0.15) is 11.5 Å². The zero-order valence-electron chi connectivity index (χ0n) is 13.8. The van der Waals surface area contributed by atoms with E-state index in [1.807, 2.05) is 37.3 Å². The van der Waals surface area contributed by atoms with Crippen LogP contribution >= 0.6 is 0 Å². The highest BCUT2D eigenvalue weighted by Crippen LogP contribution is 2.29. The molecule has 0 fully saturated rings. The van der Waals surface area contributed by atoms with Gasteiger partial charge in [-0.3, -0.25) is 4.79 Å². The first-order valence-corrected chi connectivity index (χ1v) is 7.92. The maximum atomic E-state index is 12.3. The molecule has 3 rings (SSSR count). The molecule has 0 bridgehead atoms. The van der Waals surface area contributed by atoms with Gasteiger partial charge in [0, 0.05) is 30.6 Å². The number of furan rings is 1. The van der Waals surface area contributed by atoms with Crippen molar-refractivity contribution in [3.8, 4) is 22.6 Å². The minimum absolute atomic E-state index is 0.0563. The standard InChI is InChI=1S/C19H19N3O2/c1-3-4-5-9-22-10-8-15(12-18(22)23)16-13-20-14(2)21-19(16)17-7-6-11-24-17/h4-8,10-13H,3,9H2,1-2H3/b5-4+. The van der Waals surface area contributed by atoms with Crippen LogP contribution in [-0.2, 0) is 6.54 Å². The first-order chi connectivity index (χ1) is 11.7. The Morgan fingerprint density at radius 3 is 2.88 bits per heavy atom. The van der Waals surface area contributed by atoms with E-state index in [1.165, 1.54) is 0 Å². The number of allylic oxidation sites excluding steroid dienone is 2. The van der Waals surface area contributed by atoms with Gasteiger partial charge in [-0.25, -0.2) is 9.97 Å². The Morgan fingerprint density at radius 2 is 2.17 bits per heavy atom. The van der Waals surface area contributed by atoms with E-state index in [0.29, 0.717) is 23.8 Å². The Hall–Kier alpha value is -2.95. The molecule has 122 valence electrons. The largest absolute Gasteiger partial charge is 0.463 e. The van der Waals surface area contributed by atoms with Crippen molar-refractivity contribution in [3.63, 3.8) is 0 Å². The molecule has 0 radical (unpaired) electrons. The number of hydrogen-bond acceptors (Lipinski definition) is 4. The lowest BCUT2D eigenvalue weighted by Crippen LogP contribution is -2.17. The van der Waals surface area contributed by atoms with E-state index in [9.17, 15) is 4.79 Å². The molecular formula is C19H19N3O2. The number of aryl methyl sites for hydroxylation is 1. The van der Waals surface area contributed by atoms with Crippen LogP contribution in [0.5, 0.6) is 0 Å². The maximum absolute atomic E-state index is 12.3. The molecule has 0 atom stereocenters. The molecule has 0 saturated heterocycles. The first-order valence-electron chi connectivity index (χ1n) is 7.92. The molecule has 3 aromatic rings. The molecule has 0 aliphatic carbocycles. The van der Waals surface area contributed by atoms with Gasteiger partial charge in [-0.15, -0.1) is 0 Å². The van der Waals surface area contributed by atoms with Crippen molar-refractivity contribution in [2.45, 2.75) is 26.8 Å². The lowest BCUT2D eigenvalue weighted by molar-refractivity contribution is 0.579. The third kappa shape index (κ3) is 3.35.